The van der Waals surface area contributed by atoms with E-state index < -0.39 is 0 Å². The van der Waals surface area contributed by atoms with Gasteiger partial charge in [0.15, 0.2) is 0 Å². The van der Waals surface area contributed by atoms with Gasteiger partial charge in [-0.2, -0.15) is 11.8 Å². The summed E-state index contributed by atoms with van der Waals surface area (Å²) in [5.41, 5.74) is 0. The lowest BCUT2D eigenvalue weighted by Gasteiger charge is -2.31. The van der Waals surface area contributed by atoms with E-state index in [4.69, 9.17) is 4.74 Å². The Morgan fingerprint density at radius 1 is 1.31 bits per heavy atom. The van der Waals surface area contributed by atoms with Gasteiger partial charge in [0.05, 0.1) is 6.61 Å². The van der Waals surface area contributed by atoms with E-state index in [-0.39, 0.29) is 0 Å². The summed E-state index contributed by atoms with van der Waals surface area (Å²) in [6.45, 7) is 7.34. The average Bonchev–Trinajstić information content (AvgIpc) is 2.30. The Morgan fingerprint density at radius 3 is 2.56 bits per heavy atom. The number of rotatable bonds is 10. The Kier molecular flexibility index (Phi) is 10.5. The largest absolute Gasteiger partial charge is 0.383 e. The van der Waals surface area contributed by atoms with Gasteiger partial charge in [0.2, 0.25) is 0 Å². The van der Waals surface area contributed by atoms with Crippen molar-refractivity contribution in [3.63, 3.8) is 0 Å². The number of nitrogens with one attached hydrogen (secondary N) is 1. The molecule has 0 saturated carbocycles. The minimum atomic E-state index is 0.578. The molecule has 0 aromatic heterocycles. The molecule has 0 rings (SSSR count). The maximum atomic E-state index is 5.01. The third-order valence-corrected chi connectivity index (χ3v) is 3.70. The summed E-state index contributed by atoms with van der Waals surface area (Å²) in [5.74, 6) is 1.25. The Bertz CT molecular complexity index is 158. The van der Waals surface area contributed by atoms with Crippen LogP contribution in [0.5, 0.6) is 0 Å². The molecule has 0 aliphatic carbocycles. The summed E-state index contributed by atoms with van der Waals surface area (Å²) >= 11 is 1.92. The first-order chi connectivity index (χ1) is 7.63. The number of hydrogen-bond acceptors (Lipinski definition) is 4. The van der Waals surface area contributed by atoms with Crippen LogP contribution in [0.25, 0.3) is 0 Å². The molecular formula is C12H28N2OS. The van der Waals surface area contributed by atoms with Crippen LogP contribution >= 0.6 is 11.8 Å². The molecule has 16 heavy (non-hydrogen) atoms. The fourth-order valence-corrected chi connectivity index (χ4v) is 2.13. The third kappa shape index (κ3) is 7.49. The molecule has 0 heterocycles. The van der Waals surface area contributed by atoms with E-state index in [0.717, 1.165) is 19.7 Å². The summed E-state index contributed by atoms with van der Waals surface area (Å²) in [4.78, 5) is 2.45. The predicted molar refractivity (Wildman–Crippen MR) is 74.4 cm³/mol. The van der Waals surface area contributed by atoms with Crippen molar-refractivity contribution in [2.45, 2.75) is 32.4 Å². The molecule has 0 spiro atoms. The van der Waals surface area contributed by atoms with Gasteiger partial charge >= 0.3 is 0 Å². The van der Waals surface area contributed by atoms with Crippen LogP contribution in [0.3, 0.4) is 0 Å². The lowest BCUT2D eigenvalue weighted by molar-refractivity contribution is 0.174. The molecule has 0 fully saturated rings. The quantitative estimate of drug-likeness (QED) is 0.595. The topological polar surface area (TPSA) is 24.5 Å². The second-order valence-electron chi connectivity index (χ2n) is 4.34. The molecule has 3 nitrogen and oxygen atoms in total. The van der Waals surface area contributed by atoms with Crippen LogP contribution in [0.2, 0.25) is 0 Å². The molecule has 2 atom stereocenters. The molecular weight excluding hydrogens is 220 g/mol. The van der Waals surface area contributed by atoms with Crippen LogP contribution in [-0.2, 0) is 4.74 Å². The molecule has 0 aliphatic heterocycles. The van der Waals surface area contributed by atoms with Crippen molar-refractivity contribution in [1.29, 1.82) is 0 Å². The van der Waals surface area contributed by atoms with E-state index in [0.29, 0.717) is 12.1 Å². The highest BCUT2D eigenvalue weighted by molar-refractivity contribution is 7.98. The SMILES string of the molecule is COCCNCC(C)N(C)C(C)CCSC. The zero-order chi connectivity index (χ0) is 12.4. The zero-order valence-corrected chi connectivity index (χ0v) is 12.3. The van der Waals surface area contributed by atoms with Crippen molar-refractivity contribution >= 4 is 11.8 Å². The summed E-state index contributed by atoms with van der Waals surface area (Å²) < 4.78 is 5.01. The molecule has 0 aliphatic rings. The van der Waals surface area contributed by atoms with Gasteiger partial charge in [-0.15, -0.1) is 0 Å². The number of nitrogens with zero attached hydrogens (tertiary/aromatic N) is 1. The highest BCUT2D eigenvalue weighted by atomic mass is 32.2. The van der Waals surface area contributed by atoms with Crippen LogP contribution in [0.4, 0.5) is 0 Å². The summed E-state index contributed by atoms with van der Waals surface area (Å²) in [6.07, 6.45) is 3.43. The summed E-state index contributed by atoms with van der Waals surface area (Å²) in [6, 6.07) is 1.24. The van der Waals surface area contributed by atoms with Crippen molar-refractivity contribution in [3.8, 4) is 0 Å². The van der Waals surface area contributed by atoms with E-state index >= 15 is 0 Å². The minimum Gasteiger partial charge on any atom is -0.383 e. The average molecular weight is 248 g/mol. The number of likely N-dealkylation sites (N-methyl/N-ethyl adjacent to an activating group) is 1. The van der Waals surface area contributed by atoms with Gasteiger partial charge in [0.1, 0.15) is 0 Å². The van der Waals surface area contributed by atoms with Gasteiger partial charge in [-0.25, -0.2) is 0 Å². The van der Waals surface area contributed by atoms with Crippen LogP contribution in [0.1, 0.15) is 20.3 Å². The second-order valence-corrected chi connectivity index (χ2v) is 5.33. The monoisotopic (exact) mass is 248 g/mol. The molecule has 0 bridgehead atoms. The van der Waals surface area contributed by atoms with E-state index in [2.05, 4.69) is 37.4 Å². The highest BCUT2D eigenvalue weighted by Gasteiger charge is 2.14. The molecule has 0 radical (unpaired) electrons. The first-order valence-electron chi connectivity index (χ1n) is 6.04. The first kappa shape index (κ1) is 16.2. The maximum Gasteiger partial charge on any atom is 0.0587 e. The number of thioether (sulfide) groups is 1. The summed E-state index contributed by atoms with van der Waals surface area (Å²) in [7, 11) is 3.95. The standard InChI is InChI=1S/C12H28N2OS/c1-11(6-9-16-5)14(3)12(2)10-13-7-8-15-4/h11-13H,6-10H2,1-5H3. The smallest absolute Gasteiger partial charge is 0.0587 e. The molecule has 0 amide bonds. The molecule has 0 saturated heterocycles. The van der Waals surface area contributed by atoms with Crippen LogP contribution < -0.4 is 5.32 Å². The lowest BCUT2D eigenvalue weighted by Crippen LogP contribution is -2.43. The van der Waals surface area contributed by atoms with Gasteiger partial charge in [-0.1, -0.05) is 0 Å². The van der Waals surface area contributed by atoms with E-state index in [1.807, 2.05) is 11.8 Å². The van der Waals surface area contributed by atoms with Gasteiger partial charge < -0.3 is 10.1 Å². The normalized spacial score (nSPS) is 15.4. The van der Waals surface area contributed by atoms with Crippen molar-refractivity contribution in [2.24, 2.45) is 0 Å². The van der Waals surface area contributed by atoms with Gasteiger partial charge in [0, 0.05) is 32.3 Å². The fourth-order valence-electron chi connectivity index (χ4n) is 1.56. The molecule has 0 aromatic carbocycles. The highest BCUT2D eigenvalue weighted by Crippen LogP contribution is 2.08. The van der Waals surface area contributed by atoms with Crippen molar-refractivity contribution < 1.29 is 4.74 Å². The van der Waals surface area contributed by atoms with Crippen molar-refractivity contribution in [1.82, 2.24) is 10.2 Å². The van der Waals surface area contributed by atoms with Crippen LogP contribution in [0.15, 0.2) is 0 Å². The molecule has 98 valence electrons. The molecule has 4 heteroatoms. The Balaban J connectivity index is 3.66. The maximum absolute atomic E-state index is 5.01. The van der Waals surface area contributed by atoms with Crippen LogP contribution in [0, 0.1) is 0 Å². The predicted octanol–water partition coefficient (Wildman–Crippen LogP) is 1.68. The molecule has 1 N–H and O–H groups in total. The number of ether oxygens (including phenoxy) is 1. The fraction of sp³-hybridized carbons (Fsp3) is 1.00. The van der Waals surface area contributed by atoms with E-state index in [1.54, 1.807) is 7.11 Å². The lowest BCUT2D eigenvalue weighted by atomic mass is 10.2. The molecule has 2 unspecified atom stereocenters. The first-order valence-corrected chi connectivity index (χ1v) is 7.43. The van der Waals surface area contributed by atoms with Crippen LogP contribution in [-0.4, -0.2) is 62.8 Å². The number of methoxy groups -OCH3 is 1. The Hall–Kier alpha value is 0.230. The van der Waals surface area contributed by atoms with Gasteiger partial charge in [0.25, 0.3) is 0 Å². The minimum absolute atomic E-state index is 0.578. The van der Waals surface area contributed by atoms with Gasteiger partial charge in [-0.05, 0) is 39.3 Å². The van der Waals surface area contributed by atoms with Crippen molar-refractivity contribution in [3.05, 3.63) is 0 Å². The summed E-state index contributed by atoms with van der Waals surface area (Å²) in [5, 5.41) is 3.41. The zero-order valence-electron chi connectivity index (χ0n) is 11.5. The Morgan fingerprint density at radius 2 is 2.00 bits per heavy atom. The molecule has 0 aromatic rings. The van der Waals surface area contributed by atoms with Crippen molar-refractivity contribution in [2.75, 3.05) is 45.9 Å². The third-order valence-electron chi connectivity index (χ3n) is 3.05. The van der Waals surface area contributed by atoms with E-state index in [9.17, 15) is 0 Å². The Labute approximate surface area is 105 Å². The second kappa shape index (κ2) is 10.4. The van der Waals surface area contributed by atoms with Gasteiger partial charge in [-0.3, -0.25) is 4.90 Å². The number of hydrogen-bond donors (Lipinski definition) is 1. The van der Waals surface area contributed by atoms with E-state index in [1.165, 1.54) is 12.2 Å².